The number of aromatic nitrogens is 2. The van der Waals surface area contributed by atoms with Gasteiger partial charge in [0.05, 0.1) is 33.4 Å². The first-order valence-electron chi connectivity index (χ1n) is 8.37. The Balaban J connectivity index is 0.00000261. The Morgan fingerprint density at radius 1 is 1.19 bits per heavy atom. The van der Waals surface area contributed by atoms with Crippen molar-refractivity contribution < 1.29 is 19.0 Å². The summed E-state index contributed by atoms with van der Waals surface area (Å²) in [6.45, 7) is 1.37. The maximum atomic E-state index is 12.9. The lowest BCUT2D eigenvalue weighted by molar-refractivity contribution is -0.119. The van der Waals surface area contributed by atoms with Gasteiger partial charge in [0.1, 0.15) is 0 Å². The Labute approximate surface area is 164 Å². The molecule has 1 saturated heterocycles. The number of nitrogens with one attached hydrogen (secondary N) is 2. The van der Waals surface area contributed by atoms with Crippen molar-refractivity contribution in [3.63, 3.8) is 0 Å². The van der Waals surface area contributed by atoms with E-state index in [9.17, 15) is 4.79 Å². The van der Waals surface area contributed by atoms with E-state index in [1.165, 1.54) is 0 Å². The van der Waals surface area contributed by atoms with E-state index in [1.807, 2.05) is 19.4 Å². The van der Waals surface area contributed by atoms with E-state index in [0.29, 0.717) is 29.5 Å². The van der Waals surface area contributed by atoms with Gasteiger partial charge in [-0.2, -0.15) is 5.10 Å². The van der Waals surface area contributed by atoms with Crippen LogP contribution in [-0.4, -0.2) is 50.1 Å². The first-order chi connectivity index (χ1) is 12.6. The molecule has 8 nitrogen and oxygen atoms in total. The third kappa shape index (κ3) is 4.28. The van der Waals surface area contributed by atoms with Crippen LogP contribution in [0.5, 0.6) is 17.2 Å². The molecular formula is C18H25ClN4O4. The maximum absolute atomic E-state index is 12.9. The fraction of sp³-hybridized carbons (Fsp3) is 0.444. The van der Waals surface area contributed by atoms with Crippen LogP contribution >= 0.6 is 12.4 Å². The van der Waals surface area contributed by atoms with Crippen LogP contribution in [0.25, 0.3) is 0 Å². The number of anilines is 1. The number of benzene rings is 1. The molecule has 2 heterocycles. The first-order valence-corrected chi connectivity index (χ1v) is 8.37. The van der Waals surface area contributed by atoms with Gasteiger partial charge in [0.15, 0.2) is 11.5 Å². The molecule has 0 saturated carbocycles. The molecule has 9 heteroatoms. The summed E-state index contributed by atoms with van der Waals surface area (Å²) in [6, 6.07) is 3.45. The van der Waals surface area contributed by atoms with Crippen molar-refractivity contribution in [2.24, 2.45) is 13.0 Å². The molecule has 3 rings (SSSR count). The molecular weight excluding hydrogens is 372 g/mol. The van der Waals surface area contributed by atoms with Crippen molar-refractivity contribution >= 4 is 24.0 Å². The monoisotopic (exact) mass is 396 g/mol. The summed E-state index contributed by atoms with van der Waals surface area (Å²) in [4.78, 5) is 12.9. The minimum absolute atomic E-state index is 0. The smallest absolute Gasteiger partial charge is 0.229 e. The highest BCUT2D eigenvalue weighted by molar-refractivity contribution is 5.94. The van der Waals surface area contributed by atoms with E-state index in [2.05, 4.69) is 15.7 Å². The molecule has 0 radical (unpaired) electrons. The minimum Gasteiger partial charge on any atom is -0.493 e. The van der Waals surface area contributed by atoms with Crippen LogP contribution in [0.2, 0.25) is 0 Å². The largest absolute Gasteiger partial charge is 0.493 e. The number of carbonyl (C=O) groups is 1. The summed E-state index contributed by atoms with van der Waals surface area (Å²) in [7, 11) is 6.50. The molecule has 1 aromatic carbocycles. The highest BCUT2D eigenvalue weighted by Gasteiger charge is 2.35. The molecule has 2 N–H and O–H groups in total. The molecule has 1 amide bonds. The second kappa shape index (κ2) is 8.96. The van der Waals surface area contributed by atoms with Gasteiger partial charge in [-0.05, 0) is 5.56 Å². The number of nitrogens with zero attached hydrogens (tertiary/aromatic N) is 2. The highest BCUT2D eigenvalue weighted by Crippen LogP contribution is 2.40. The Morgan fingerprint density at radius 2 is 1.85 bits per heavy atom. The maximum Gasteiger partial charge on any atom is 0.229 e. The number of aryl methyl sites for hydroxylation is 1. The van der Waals surface area contributed by atoms with Crippen LogP contribution in [0.3, 0.4) is 0 Å². The zero-order valence-electron chi connectivity index (χ0n) is 15.8. The van der Waals surface area contributed by atoms with E-state index >= 15 is 0 Å². The molecule has 1 aliphatic heterocycles. The van der Waals surface area contributed by atoms with Crippen molar-refractivity contribution in [1.29, 1.82) is 0 Å². The van der Waals surface area contributed by atoms with Gasteiger partial charge in [0.25, 0.3) is 0 Å². The summed E-state index contributed by atoms with van der Waals surface area (Å²) in [5.41, 5.74) is 1.66. The fourth-order valence-corrected chi connectivity index (χ4v) is 3.32. The van der Waals surface area contributed by atoms with E-state index in [1.54, 1.807) is 38.1 Å². The number of halogens is 1. The fourth-order valence-electron chi connectivity index (χ4n) is 3.32. The van der Waals surface area contributed by atoms with Gasteiger partial charge < -0.3 is 24.8 Å². The van der Waals surface area contributed by atoms with Gasteiger partial charge in [0.2, 0.25) is 11.7 Å². The van der Waals surface area contributed by atoms with Gasteiger partial charge in [0, 0.05) is 50.1 Å². The van der Waals surface area contributed by atoms with E-state index in [-0.39, 0.29) is 30.2 Å². The normalized spacial score (nSPS) is 18.5. The van der Waals surface area contributed by atoms with E-state index in [4.69, 9.17) is 14.2 Å². The third-order valence-corrected chi connectivity index (χ3v) is 4.64. The highest BCUT2D eigenvalue weighted by atomic mass is 35.5. The quantitative estimate of drug-likeness (QED) is 0.774. The standard InChI is InChI=1S/C18H24N4O4.ClH/c1-22-10-11(7-20-22)13-8-19-9-14(13)18(23)21-12-5-15(24-2)17(26-4)16(6-12)25-3;/h5-7,10,13-14,19H,8-9H2,1-4H3,(H,21,23);1H/t13-,14+;/m1./s1. The zero-order chi connectivity index (χ0) is 18.7. The van der Waals surface area contributed by atoms with Crippen molar-refractivity contribution in [3.05, 3.63) is 30.1 Å². The van der Waals surface area contributed by atoms with Crippen molar-refractivity contribution in [1.82, 2.24) is 15.1 Å². The number of ether oxygens (including phenoxy) is 3. The second-order valence-corrected chi connectivity index (χ2v) is 6.22. The third-order valence-electron chi connectivity index (χ3n) is 4.64. The van der Waals surface area contributed by atoms with Crippen LogP contribution in [-0.2, 0) is 11.8 Å². The van der Waals surface area contributed by atoms with Crippen molar-refractivity contribution in [3.8, 4) is 17.2 Å². The minimum atomic E-state index is -0.182. The van der Waals surface area contributed by atoms with Gasteiger partial charge in [-0.15, -0.1) is 12.4 Å². The summed E-state index contributed by atoms with van der Waals surface area (Å²) in [5.74, 6) is 1.33. The molecule has 2 aromatic rings. The van der Waals surface area contributed by atoms with Crippen LogP contribution in [0, 0.1) is 5.92 Å². The Morgan fingerprint density at radius 3 is 2.37 bits per heavy atom. The molecule has 1 aromatic heterocycles. The Bertz CT molecular complexity index is 770. The van der Waals surface area contributed by atoms with Crippen molar-refractivity contribution in [2.45, 2.75) is 5.92 Å². The number of hydrogen-bond donors (Lipinski definition) is 2. The van der Waals surface area contributed by atoms with Gasteiger partial charge in [-0.25, -0.2) is 0 Å². The van der Waals surface area contributed by atoms with Crippen molar-refractivity contribution in [2.75, 3.05) is 39.7 Å². The van der Waals surface area contributed by atoms with Gasteiger partial charge in [-0.3, -0.25) is 9.48 Å². The van der Waals surface area contributed by atoms with Gasteiger partial charge >= 0.3 is 0 Å². The van der Waals surface area contributed by atoms with Crippen LogP contribution < -0.4 is 24.8 Å². The van der Waals surface area contributed by atoms with E-state index in [0.717, 1.165) is 12.1 Å². The second-order valence-electron chi connectivity index (χ2n) is 6.22. The zero-order valence-corrected chi connectivity index (χ0v) is 16.6. The predicted molar refractivity (Wildman–Crippen MR) is 104 cm³/mol. The SMILES string of the molecule is COc1cc(NC(=O)[C@H]2CNC[C@@H]2c2cnn(C)c2)cc(OC)c1OC.Cl. The Hall–Kier alpha value is -2.45. The van der Waals surface area contributed by atoms with Crippen LogP contribution in [0.1, 0.15) is 11.5 Å². The number of methoxy groups -OCH3 is 3. The molecule has 0 spiro atoms. The number of rotatable bonds is 6. The lowest BCUT2D eigenvalue weighted by atomic mass is 9.90. The molecule has 148 valence electrons. The summed E-state index contributed by atoms with van der Waals surface area (Å²) in [5, 5.41) is 10.5. The molecule has 0 unspecified atom stereocenters. The number of amides is 1. The molecule has 27 heavy (non-hydrogen) atoms. The molecule has 0 aliphatic carbocycles. The molecule has 1 fully saturated rings. The number of carbonyl (C=O) groups excluding carboxylic acids is 1. The molecule has 0 bridgehead atoms. The molecule has 1 aliphatic rings. The lowest BCUT2D eigenvalue weighted by Crippen LogP contribution is -2.28. The average Bonchev–Trinajstić information content (AvgIpc) is 3.29. The number of hydrogen-bond acceptors (Lipinski definition) is 6. The first kappa shape index (κ1) is 20.9. The molecule has 2 atom stereocenters. The predicted octanol–water partition coefficient (Wildman–Crippen LogP) is 1.81. The lowest BCUT2D eigenvalue weighted by Gasteiger charge is -2.18. The summed E-state index contributed by atoms with van der Waals surface area (Å²) >= 11 is 0. The topological polar surface area (TPSA) is 86.6 Å². The van der Waals surface area contributed by atoms with E-state index < -0.39 is 0 Å². The summed E-state index contributed by atoms with van der Waals surface area (Å²) < 4.78 is 17.7. The Kier molecular flexibility index (Phi) is 6.92. The van der Waals surface area contributed by atoms with Crippen LogP contribution in [0.15, 0.2) is 24.5 Å². The average molecular weight is 397 g/mol. The summed E-state index contributed by atoms with van der Waals surface area (Å²) in [6.07, 6.45) is 3.77. The van der Waals surface area contributed by atoms with Gasteiger partial charge in [-0.1, -0.05) is 0 Å². The van der Waals surface area contributed by atoms with Crippen LogP contribution in [0.4, 0.5) is 5.69 Å².